The molecule has 0 spiro atoms. The highest BCUT2D eigenvalue weighted by molar-refractivity contribution is 7.85. The largest absolute Gasteiger partial charge is 0.340 e. The lowest BCUT2D eigenvalue weighted by molar-refractivity contribution is 0.333. The fourth-order valence-corrected chi connectivity index (χ4v) is 4.48. The van der Waals surface area contributed by atoms with E-state index in [4.69, 9.17) is 0 Å². The first kappa shape index (κ1) is 20.7. The first-order valence-electron chi connectivity index (χ1n) is 9.66. The standard InChI is InChI=1S/C19H29N5O3S/c1-14-5-8-17(28(25,26)27)16(13-14)7-6-15-9-11-23(12-10-15)18-20-21-22-24(18)19(2,3)4/h5,8,13,15H,6-7,9-12H2,1-4H3,(H,25,26,27). The molecule has 1 aliphatic heterocycles. The van der Waals surface area contributed by atoms with Gasteiger partial charge >= 0.3 is 0 Å². The van der Waals surface area contributed by atoms with E-state index in [1.807, 2.05) is 17.7 Å². The molecular weight excluding hydrogens is 378 g/mol. The lowest BCUT2D eigenvalue weighted by atomic mass is 9.90. The number of anilines is 1. The van der Waals surface area contributed by atoms with Crippen LogP contribution >= 0.6 is 0 Å². The van der Waals surface area contributed by atoms with Gasteiger partial charge < -0.3 is 4.90 Å². The third-order valence-electron chi connectivity index (χ3n) is 5.30. The van der Waals surface area contributed by atoms with Crippen LogP contribution in [0.3, 0.4) is 0 Å². The number of piperidine rings is 1. The quantitative estimate of drug-likeness (QED) is 0.761. The molecule has 8 nitrogen and oxygen atoms in total. The number of hydrogen-bond donors (Lipinski definition) is 1. The van der Waals surface area contributed by atoms with Gasteiger partial charge in [0.2, 0.25) is 5.95 Å². The van der Waals surface area contributed by atoms with Gasteiger partial charge in [0.25, 0.3) is 10.1 Å². The maximum atomic E-state index is 11.6. The summed E-state index contributed by atoms with van der Waals surface area (Å²) in [6, 6.07) is 5.06. The van der Waals surface area contributed by atoms with Crippen LogP contribution in [0.1, 0.15) is 51.2 Å². The molecule has 1 aromatic carbocycles. The molecule has 154 valence electrons. The van der Waals surface area contributed by atoms with Crippen LogP contribution in [-0.4, -0.2) is 46.3 Å². The first-order chi connectivity index (χ1) is 13.1. The van der Waals surface area contributed by atoms with Crippen LogP contribution < -0.4 is 4.90 Å². The molecule has 0 aliphatic carbocycles. The SMILES string of the molecule is Cc1ccc(S(=O)(=O)O)c(CCC2CCN(c3nnnn3C(C)(C)C)CC2)c1. The van der Waals surface area contributed by atoms with E-state index in [2.05, 4.69) is 41.2 Å². The van der Waals surface area contributed by atoms with Crippen molar-refractivity contribution in [3.8, 4) is 0 Å². The smallest absolute Gasteiger partial charge is 0.294 e. The molecule has 1 aliphatic rings. The van der Waals surface area contributed by atoms with Crippen LogP contribution in [0.5, 0.6) is 0 Å². The lowest BCUT2D eigenvalue weighted by Gasteiger charge is -2.34. The van der Waals surface area contributed by atoms with E-state index in [0.29, 0.717) is 17.9 Å². The molecule has 0 amide bonds. The first-order valence-corrected chi connectivity index (χ1v) is 11.1. The van der Waals surface area contributed by atoms with Crippen molar-refractivity contribution < 1.29 is 13.0 Å². The van der Waals surface area contributed by atoms with Crippen LogP contribution in [0, 0.1) is 12.8 Å². The topological polar surface area (TPSA) is 101 Å². The van der Waals surface area contributed by atoms with Crippen molar-refractivity contribution in [2.24, 2.45) is 5.92 Å². The van der Waals surface area contributed by atoms with E-state index >= 15 is 0 Å². The number of benzene rings is 1. The van der Waals surface area contributed by atoms with Crippen molar-refractivity contribution in [3.05, 3.63) is 29.3 Å². The summed E-state index contributed by atoms with van der Waals surface area (Å²) in [4.78, 5) is 2.25. The van der Waals surface area contributed by atoms with E-state index in [1.165, 1.54) is 6.07 Å². The number of rotatable bonds is 5. The van der Waals surface area contributed by atoms with Crippen LogP contribution in [-0.2, 0) is 22.1 Å². The predicted molar refractivity (Wildman–Crippen MR) is 107 cm³/mol. The third-order valence-corrected chi connectivity index (χ3v) is 6.26. The minimum Gasteiger partial charge on any atom is -0.340 e. The second-order valence-corrected chi connectivity index (χ2v) is 10.0. The highest BCUT2D eigenvalue weighted by Gasteiger charge is 2.27. The second kappa shape index (κ2) is 7.79. The molecule has 1 aromatic heterocycles. The second-order valence-electron chi connectivity index (χ2n) is 8.62. The van der Waals surface area contributed by atoms with Gasteiger partial charge in [-0.3, -0.25) is 4.55 Å². The van der Waals surface area contributed by atoms with Gasteiger partial charge in [-0.25, -0.2) is 4.68 Å². The molecule has 0 unspecified atom stereocenters. The van der Waals surface area contributed by atoms with Crippen molar-refractivity contribution in [2.75, 3.05) is 18.0 Å². The highest BCUT2D eigenvalue weighted by atomic mass is 32.2. The fourth-order valence-electron chi connectivity index (χ4n) is 3.75. The summed E-state index contributed by atoms with van der Waals surface area (Å²) in [5.41, 5.74) is 1.51. The predicted octanol–water partition coefficient (Wildman–Crippen LogP) is 2.83. The van der Waals surface area contributed by atoms with Gasteiger partial charge in [0.15, 0.2) is 0 Å². The van der Waals surface area contributed by atoms with Crippen molar-refractivity contribution in [1.82, 2.24) is 20.2 Å². The monoisotopic (exact) mass is 407 g/mol. The van der Waals surface area contributed by atoms with E-state index < -0.39 is 10.1 Å². The molecule has 1 fully saturated rings. The molecule has 2 aromatic rings. The maximum Gasteiger partial charge on any atom is 0.294 e. The average molecular weight is 408 g/mol. The Morgan fingerprint density at radius 3 is 2.50 bits per heavy atom. The number of tetrazole rings is 1. The Labute approximate surface area is 166 Å². The minimum absolute atomic E-state index is 0.0277. The molecule has 2 heterocycles. The molecule has 28 heavy (non-hydrogen) atoms. The molecule has 3 rings (SSSR count). The average Bonchev–Trinajstić information content (AvgIpc) is 3.09. The summed E-state index contributed by atoms with van der Waals surface area (Å²) in [5.74, 6) is 1.31. The molecule has 0 saturated carbocycles. The number of aryl methyl sites for hydroxylation is 2. The number of hydrogen-bond acceptors (Lipinski definition) is 6. The zero-order chi connectivity index (χ0) is 20.5. The Kier molecular flexibility index (Phi) is 5.77. The van der Waals surface area contributed by atoms with E-state index in [-0.39, 0.29) is 10.4 Å². The third kappa shape index (κ3) is 4.70. The van der Waals surface area contributed by atoms with Crippen molar-refractivity contribution >= 4 is 16.1 Å². The van der Waals surface area contributed by atoms with E-state index in [9.17, 15) is 13.0 Å². The minimum atomic E-state index is -4.19. The van der Waals surface area contributed by atoms with E-state index in [1.54, 1.807) is 6.07 Å². The Balaban J connectivity index is 1.62. The van der Waals surface area contributed by atoms with Crippen molar-refractivity contribution in [1.29, 1.82) is 0 Å². The van der Waals surface area contributed by atoms with Gasteiger partial charge in [0.05, 0.1) is 10.4 Å². The summed E-state index contributed by atoms with van der Waals surface area (Å²) in [7, 11) is -4.19. The van der Waals surface area contributed by atoms with Gasteiger partial charge in [0, 0.05) is 13.1 Å². The Bertz CT molecular complexity index is 925. The Morgan fingerprint density at radius 2 is 1.89 bits per heavy atom. The Hall–Kier alpha value is -2.00. The van der Waals surface area contributed by atoms with Crippen molar-refractivity contribution in [3.63, 3.8) is 0 Å². The lowest BCUT2D eigenvalue weighted by Crippen LogP contribution is -2.38. The van der Waals surface area contributed by atoms with Crippen LogP contribution in [0.15, 0.2) is 23.1 Å². The summed E-state index contributed by atoms with van der Waals surface area (Å²) in [5, 5.41) is 12.2. The molecule has 1 N–H and O–H groups in total. The van der Waals surface area contributed by atoms with Gasteiger partial charge in [-0.1, -0.05) is 22.8 Å². The fraction of sp³-hybridized carbons (Fsp3) is 0.632. The summed E-state index contributed by atoms with van der Waals surface area (Å²) in [6.45, 7) is 9.91. The normalized spacial score (nSPS) is 16.5. The van der Waals surface area contributed by atoms with Gasteiger partial charge in [0.1, 0.15) is 0 Å². The van der Waals surface area contributed by atoms with Crippen LogP contribution in [0.2, 0.25) is 0 Å². The zero-order valence-electron chi connectivity index (χ0n) is 17.0. The summed E-state index contributed by atoms with van der Waals surface area (Å²) in [6.07, 6.45) is 3.54. The van der Waals surface area contributed by atoms with E-state index in [0.717, 1.165) is 43.9 Å². The molecule has 0 radical (unpaired) electrons. The highest BCUT2D eigenvalue weighted by Crippen LogP contribution is 2.28. The summed E-state index contributed by atoms with van der Waals surface area (Å²) < 4.78 is 34.6. The van der Waals surface area contributed by atoms with Crippen molar-refractivity contribution in [2.45, 2.75) is 63.8 Å². The number of nitrogens with zero attached hydrogens (tertiary/aromatic N) is 5. The van der Waals surface area contributed by atoms with Gasteiger partial charge in [-0.2, -0.15) is 8.42 Å². The zero-order valence-corrected chi connectivity index (χ0v) is 17.8. The molecule has 9 heteroatoms. The van der Waals surface area contributed by atoms with Gasteiger partial charge in [-0.05, 0) is 81.4 Å². The Morgan fingerprint density at radius 1 is 1.21 bits per heavy atom. The maximum absolute atomic E-state index is 11.6. The molecule has 0 bridgehead atoms. The van der Waals surface area contributed by atoms with Crippen LogP contribution in [0.25, 0.3) is 0 Å². The number of aromatic nitrogens is 4. The van der Waals surface area contributed by atoms with Crippen LogP contribution in [0.4, 0.5) is 5.95 Å². The molecule has 1 saturated heterocycles. The summed E-state index contributed by atoms with van der Waals surface area (Å²) >= 11 is 0. The van der Waals surface area contributed by atoms with Gasteiger partial charge in [-0.15, -0.1) is 0 Å². The molecule has 0 atom stereocenters. The molecular formula is C19H29N5O3S.